The number of esters is 1. The Balaban J connectivity index is 3.08. The van der Waals surface area contributed by atoms with Gasteiger partial charge in [0.25, 0.3) is 5.69 Å². The zero-order valence-corrected chi connectivity index (χ0v) is 9.31. The Bertz CT molecular complexity index is 443. The lowest BCUT2D eigenvalue weighted by atomic mass is 10.1. The van der Waals surface area contributed by atoms with Gasteiger partial charge in [-0.1, -0.05) is 0 Å². The molecule has 1 aromatic rings. The van der Waals surface area contributed by atoms with Gasteiger partial charge in [0.05, 0.1) is 16.2 Å². The molecule has 0 atom stereocenters. The summed E-state index contributed by atoms with van der Waals surface area (Å²) in [6.07, 6.45) is 1.41. The largest absolute Gasteiger partial charge is 0.459 e. The zero-order chi connectivity index (χ0) is 12.3. The Morgan fingerprint density at radius 3 is 2.69 bits per heavy atom. The number of hydrogen-bond acceptors (Lipinski definition) is 5. The molecule has 0 saturated heterocycles. The Hall–Kier alpha value is -1.98. The second-order valence-corrected chi connectivity index (χ2v) is 3.40. The van der Waals surface area contributed by atoms with Gasteiger partial charge in [-0.3, -0.25) is 19.9 Å². The lowest BCUT2D eigenvalue weighted by Crippen LogP contribution is -2.06. The van der Waals surface area contributed by atoms with Crippen LogP contribution in [0.5, 0.6) is 0 Å². The van der Waals surface area contributed by atoms with Crippen LogP contribution in [0.4, 0.5) is 5.69 Å². The van der Waals surface area contributed by atoms with E-state index in [-0.39, 0.29) is 12.3 Å². The SMILES string of the molecule is CC(=O)OCc1ncc(C)c([N+](=O)[O-])c1C. The summed E-state index contributed by atoms with van der Waals surface area (Å²) in [7, 11) is 0. The minimum absolute atomic E-state index is 0.0251. The van der Waals surface area contributed by atoms with Crippen LogP contribution < -0.4 is 0 Å². The van der Waals surface area contributed by atoms with Gasteiger partial charge in [0.1, 0.15) is 6.61 Å². The molecule has 6 heteroatoms. The molecule has 0 aliphatic carbocycles. The minimum Gasteiger partial charge on any atom is -0.459 e. The molecular weight excluding hydrogens is 212 g/mol. The normalized spacial score (nSPS) is 9.94. The van der Waals surface area contributed by atoms with Gasteiger partial charge >= 0.3 is 5.97 Å². The summed E-state index contributed by atoms with van der Waals surface area (Å²) in [5.41, 5.74) is 1.37. The average Bonchev–Trinajstić information content (AvgIpc) is 2.15. The van der Waals surface area contributed by atoms with Crippen molar-refractivity contribution < 1.29 is 14.5 Å². The third-order valence-corrected chi connectivity index (χ3v) is 2.17. The first-order chi connectivity index (χ1) is 7.43. The van der Waals surface area contributed by atoms with Gasteiger partial charge in [0, 0.05) is 18.7 Å². The van der Waals surface area contributed by atoms with Crippen LogP contribution >= 0.6 is 0 Å². The molecule has 0 bridgehead atoms. The van der Waals surface area contributed by atoms with Crippen molar-refractivity contribution in [1.29, 1.82) is 0 Å². The number of pyridine rings is 1. The van der Waals surface area contributed by atoms with Gasteiger partial charge in [0.15, 0.2) is 0 Å². The predicted molar refractivity (Wildman–Crippen MR) is 55.8 cm³/mol. The van der Waals surface area contributed by atoms with E-state index >= 15 is 0 Å². The van der Waals surface area contributed by atoms with Crippen molar-refractivity contribution in [2.24, 2.45) is 0 Å². The first-order valence-electron chi connectivity index (χ1n) is 4.66. The molecule has 0 aromatic carbocycles. The number of nitrogens with zero attached hydrogens (tertiary/aromatic N) is 2. The fourth-order valence-electron chi connectivity index (χ4n) is 1.36. The van der Waals surface area contributed by atoms with Gasteiger partial charge in [-0.05, 0) is 13.8 Å². The molecule has 86 valence electrons. The van der Waals surface area contributed by atoms with E-state index in [1.165, 1.54) is 13.1 Å². The molecule has 0 fully saturated rings. The molecule has 0 aliphatic rings. The maximum atomic E-state index is 10.8. The number of nitro groups is 1. The summed E-state index contributed by atoms with van der Waals surface area (Å²) >= 11 is 0. The fraction of sp³-hybridized carbons (Fsp3) is 0.400. The van der Waals surface area contributed by atoms with Crippen molar-refractivity contribution in [2.45, 2.75) is 27.4 Å². The molecule has 0 N–H and O–H groups in total. The molecule has 0 radical (unpaired) electrons. The number of carbonyl (C=O) groups is 1. The highest BCUT2D eigenvalue weighted by molar-refractivity contribution is 5.66. The smallest absolute Gasteiger partial charge is 0.303 e. The van der Waals surface area contributed by atoms with Crippen LogP contribution in [-0.4, -0.2) is 15.9 Å². The average molecular weight is 224 g/mol. The highest BCUT2D eigenvalue weighted by atomic mass is 16.6. The van der Waals surface area contributed by atoms with Crippen molar-refractivity contribution in [3.8, 4) is 0 Å². The quantitative estimate of drug-likeness (QED) is 0.443. The van der Waals surface area contributed by atoms with Gasteiger partial charge in [0.2, 0.25) is 0 Å². The second kappa shape index (κ2) is 4.69. The Morgan fingerprint density at radius 2 is 2.19 bits per heavy atom. The van der Waals surface area contributed by atoms with Crippen molar-refractivity contribution in [2.75, 3.05) is 0 Å². The lowest BCUT2D eigenvalue weighted by molar-refractivity contribution is -0.386. The summed E-state index contributed by atoms with van der Waals surface area (Å²) in [5.74, 6) is -0.440. The number of hydrogen-bond donors (Lipinski definition) is 0. The summed E-state index contributed by atoms with van der Waals surface area (Å²) in [5, 5.41) is 10.8. The molecule has 16 heavy (non-hydrogen) atoms. The van der Waals surface area contributed by atoms with Crippen molar-refractivity contribution >= 4 is 11.7 Å². The van der Waals surface area contributed by atoms with E-state index in [2.05, 4.69) is 4.98 Å². The number of aryl methyl sites for hydroxylation is 1. The standard InChI is InChI=1S/C10H12N2O4/c1-6-4-11-9(5-16-8(3)13)7(2)10(6)12(14)15/h4H,5H2,1-3H3. The van der Waals surface area contributed by atoms with E-state index in [4.69, 9.17) is 4.74 Å². The highest BCUT2D eigenvalue weighted by Crippen LogP contribution is 2.24. The van der Waals surface area contributed by atoms with E-state index in [1.807, 2.05) is 0 Å². The van der Waals surface area contributed by atoms with Crippen LogP contribution in [0.3, 0.4) is 0 Å². The van der Waals surface area contributed by atoms with E-state index in [0.29, 0.717) is 16.8 Å². The molecule has 0 spiro atoms. The van der Waals surface area contributed by atoms with Crippen LogP contribution in [-0.2, 0) is 16.1 Å². The molecule has 1 heterocycles. The van der Waals surface area contributed by atoms with Crippen LogP contribution in [0.2, 0.25) is 0 Å². The fourth-order valence-corrected chi connectivity index (χ4v) is 1.36. The van der Waals surface area contributed by atoms with Crippen LogP contribution in [0.1, 0.15) is 23.7 Å². The molecule has 1 aromatic heterocycles. The molecule has 1 rings (SSSR count). The predicted octanol–water partition coefficient (Wildman–Crippen LogP) is 1.67. The topological polar surface area (TPSA) is 82.3 Å². The molecule has 0 unspecified atom stereocenters. The number of ether oxygens (including phenoxy) is 1. The summed E-state index contributed by atoms with van der Waals surface area (Å²) in [6, 6.07) is 0. The maximum Gasteiger partial charge on any atom is 0.303 e. The second-order valence-electron chi connectivity index (χ2n) is 3.40. The van der Waals surface area contributed by atoms with Gasteiger partial charge in [-0.2, -0.15) is 0 Å². The van der Waals surface area contributed by atoms with Crippen molar-refractivity contribution in [3.05, 3.63) is 33.1 Å². The van der Waals surface area contributed by atoms with Crippen LogP contribution in [0, 0.1) is 24.0 Å². The number of carbonyl (C=O) groups excluding carboxylic acids is 1. The molecule has 0 saturated carbocycles. The Kier molecular flexibility index (Phi) is 3.55. The third-order valence-electron chi connectivity index (χ3n) is 2.17. The minimum atomic E-state index is -0.455. The van der Waals surface area contributed by atoms with Crippen LogP contribution in [0.15, 0.2) is 6.20 Å². The number of aromatic nitrogens is 1. The maximum absolute atomic E-state index is 10.8. The summed E-state index contributed by atoms with van der Waals surface area (Å²) < 4.78 is 4.76. The summed E-state index contributed by atoms with van der Waals surface area (Å²) in [4.78, 5) is 25.0. The summed E-state index contributed by atoms with van der Waals surface area (Å²) in [6.45, 7) is 4.45. The molecule has 0 aliphatic heterocycles. The molecule has 6 nitrogen and oxygen atoms in total. The highest BCUT2D eigenvalue weighted by Gasteiger charge is 2.18. The van der Waals surface area contributed by atoms with E-state index in [0.717, 1.165) is 0 Å². The van der Waals surface area contributed by atoms with Gasteiger partial charge in [-0.15, -0.1) is 0 Å². The zero-order valence-electron chi connectivity index (χ0n) is 9.31. The van der Waals surface area contributed by atoms with E-state index < -0.39 is 10.9 Å². The van der Waals surface area contributed by atoms with Gasteiger partial charge < -0.3 is 4.74 Å². The molecular formula is C10H12N2O4. The van der Waals surface area contributed by atoms with Crippen molar-refractivity contribution in [3.63, 3.8) is 0 Å². The monoisotopic (exact) mass is 224 g/mol. The van der Waals surface area contributed by atoms with Crippen LogP contribution in [0.25, 0.3) is 0 Å². The third kappa shape index (κ3) is 2.53. The lowest BCUT2D eigenvalue weighted by Gasteiger charge is -2.07. The molecule has 0 amide bonds. The Morgan fingerprint density at radius 1 is 1.56 bits per heavy atom. The van der Waals surface area contributed by atoms with E-state index in [9.17, 15) is 14.9 Å². The number of rotatable bonds is 3. The Labute approximate surface area is 92.4 Å². The first-order valence-corrected chi connectivity index (χ1v) is 4.66. The van der Waals surface area contributed by atoms with Gasteiger partial charge in [-0.25, -0.2) is 0 Å². The van der Waals surface area contributed by atoms with E-state index in [1.54, 1.807) is 13.8 Å². The first kappa shape index (κ1) is 12.1. The van der Waals surface area contributed by atoms with Crippen molar-refractivity contribution in [1.82, 2.24) is 4.98 Å².